The molecule has 0 spiro atoms. The lowest BCUT2D eigenvalue weighted by atomic mass is 10.2. The summed E-state index contributed by atoms with van der Waals surface area (Å²) in [6, 6.07) is 1.72. The van der Waals surface area contributed by atoms with E-state index in [2.05, 4.69) is 34.6 Å². The van der Waals surface area contributed by atoms with Gasteiger partial charge < -0.3 is 9.80 Å². The van der Waals surface area contributed by atoms with Gasteiger partial charge in [-0.25, -0.2) is 4.68 Å². The average Bonchev–Trinajstić information content (AvgIpc) is 2.46. The Kier molecular flexibility index (Phi) is 5.91. The van der Waals surface area contributed by atoms with Crippen LogP contribution in [0.1, 0.15) is 19.3 Å². The minimum Gasteiger partial charge on any atom is -0.368 e. The predicted molar refractivity (Wildman–Crippen MR) is 85.9 cm³/mol. The topological polar surface area (TPSA) is 41.4 Å². The van der Waals surface area contributed by atoms with Gasteiger partial charge in [0.25, 0.3) is 5.56 Å². The number of aromatic nitrogens is 2. The van der Waals surface area contributed by atoms with Crippen LogP contribution in [-0.4, -0.2) is 53.7 Å². The molecule has 1 fully saturated rings. The molecule has 1 aromatic rings. The molecule has 0 radical (unpaired) electrons. The fraction of sp³-hybridized carbons (Fsp3) is 0.714. The molecule has 0 saturated carbocycles. The molecule has 0 aromatic carbocycles. The fourth-order valence-corrected chi connectivity index (χ4v) is 2.60. The van der Waals surface area contributed by atoms with Crippen molar-refractivity contribution >= 4 is 18.3 Å². The van der Waals surface area contributed by atoms with Crippen molar-refractivity contribution in [2.45, 2.75) is 25.8 Å². The number of aryl methyl sites for hydroxylation is 1. The summed E-state index contributed by atoms with van der Waals surface area (Å²) in [6.45, 7) is 4.70. The van der Waals surface area contributed by atoms with Gasteiger partial charge in [0.05, 0.1) is 11.9 Å². The third-order valence-electron chi connectivity index (χ3n) is 3.75. The summed E-state index contributed by atoms with van der Waals surface area (Å²) in [7, 11) is 2.12. The van der Waals surface area contributed by atoms with Crippen LogP contribution in [0.5, 0.6) is 0 Å². The van der Waals surface area contributed by atoms with Crippen molar-refractivity contribution in [1.29, 1.82) is 0 Å². The smallest absolute Gasteiger partial charge is 0.268 e. The molecule has 112 valence electrons. The first kappa shape index (κ1) is 15.4. The molecule has 0 amide bonds. The van der Waals surface area contributed by atoms with Crippen LogP contribution < -0.4 is 10.5 Å². The van der Waals surface area contributed by atoms with E-state index in [0.29, 0.717) is 6.54 Å². The summed E-state index contributed by atoms with van der Waals surface area (Å²) < 4.78 is 1.57. The Labute approximate surface area is 126 Å². The van der Waals surface area contributed by atoms with Crippen LogP contribution in [0.25, 0.3) is 0 Å². The molecule has 1 aliphatic heterocycles. The number of thiol groups is 1. The molecular weight excluding hydrogens is 272 g/mol. The summed E-state index contributed by atoms with van der Waals surface area (Å²) >= 11 is 4.19. The molecule has 2 heterocycles. The highest BCUT2D eigenvalue weighted by Gasteiger charge is 2.15. The van der Waals surface area contributed by atoms with E-state index < -0.39 is 0 Å². The molecule has 2 rings (SSSR count). The van der Waals surface area contributed by atoms with Gasteiger partial charge in [0.15, 0.2) is 0 Å². The molecule has 0 aliphatic carbocycles. The second-order valence-corrected chi connectivity index (χ2v) is 5.80. The lowest BCUT2D eigenvalue weighted by molar-refractivity contribution is 0.312. The third kappa shape index (κ3) is 4.24. The van der Waals surface area contributed by atoms with Crippen molar-refractivity contribution < 1.29 is 0 Å². The standard InChI is InChI=1S/C14H24N4OS/c1-16-6-8-17(9-7-16)13-11-14(19)18(15-12-13)5-3-2-4-10-20/h11-12,20H,2-10H2,1H3. The molecule has 6 heteroatoms. The Balaban J connectivity index is 1.93. The van der Waals surface area contributed by atoms with Crippen molar-refractivity contribution in [3.05, 3.63) is 22.6 Å². The van der Waals surface area contributed by atoms with Crippen molar-refractivity contribution in [2.24, 2.45) is 0 Å². The summed E-state index contributed by atoms with van der Waals surface area (Å²) in [5, 5.41) is 4.30. The predicted octanol–water partition coefficient (Wildman–Crippen LogP) is 1.10. The quantitative estimate of drug-likeness (QED) is 0.630. The van der Waals surface area contributed by atoms with Crippen molar-refractivity contribution in [2.75, 3.05) is 43.9 Å². The summed E-state index contributed by atoms with van der Waals surface area (Å²) in [4.78, 5) is 16.6. The average molecular weight is 296 g/mol. The normalized spacial score (nSPS) is 16.6. The highest BCUT2D eigenvalue weighted by Crippen LogP contribution is 2.12. The Hall–Kier alpha value is -1.01. The van der Waals surface area contributed by atoms with Gasteiger partial charge in [0.2, 0.25) is 0 Å². The van der Waals surface area contributed by atoms with Crippen molar-refractivity contribution in [3.8, 4) is 0 Å². The van der Waals surface area contributed by atoms with E-state index in [1.54, 1.807) is 10.7 Å². The molecule has 0 atom stereocenters. The number of piperazine rings is 1. The Morgan fingerprint density at radius 2 is 1.95 bits per heavy atom. The number of rotatable bonds is 6. The van der Waals surface area contributed by atoms with Gasteiger partial charge in [0.1, 0.15) is 0 Å². The summed E-state index contributed by atoms with van der Waals surface area (Å²) in [5.74, 6) is 0.907. The Morgan fingerprint density at radius 1 is 1.20 bits per heavy atom. The van der Waals surface area contributed by atoms with Crippen LogP contribution in [0, 0.1) is 0 Å². The molecule has 1 aliphatic rings. The molecule has 0 N–H and O–H groups in total. The molecule has 1 aromatic heterocycles. The second kappa shape index (κ2) is 7.69. The van der Waals surface area contributed by atoms with Crippen molar-refractivity contribution in [1.82, 2.24) is 14.7 Å². The van der Waals surface area contributed by atoms with E-state index in [9.17, 15) is 4.79 Å². The van der Waals surface area contributed by atoms with Gasteiger partial charge in [-0.2, -0.15) is 17.7 Å². The maximum Gasteiger partial charge on any atom is 0.268 e. The minimum absolute atomic E-state index is 0.00676. The lowest BCUT2D eigenvalue weighted by Crippen LogP contribution is -2.45. The van der Waals surface area contributed by atoms with Gasteiger partial charge in [-0.05, 0) is 25.6 Å². The van der Waals surface area contributed by atoms with E-state index in [1.165, 1.54) is 0 Å². The molecule has 20 heavy (non-hydrogen) atoms. The Bertz CT molecular complexity index is 468. The third-order valence-corrected chi connectivity index (χ3v) is 4.07. The highest BCUT2D eigenvalue weighted by atomic mass is 32.1. The van der Waals surface area contributed by atoms with Crippen LogP contribution in [0.15, 0.2) is 17.1 Å². The molecule has 5 nitrogen and oxygen atoms in total. The number of hydrogen-bond donors (Lipinski definition) is 1. The van der Waals surface area contributed by atoms with E-state index in [1.807, 2.05) is 6.20 Å². The highest BCUT2D eigenvalue weighted by molar-refractivity contribution is 7.80. The van der Waals surface area contributed by atoms with Gasteiger partial charge in [-0.1, -0.05) is 6.42 Å². The first-order chi connectivity index (χ1) is 9.70. The largest absolute Gasteiger partial charge is 0.368 e. The van der Waals surface area contributed by atoms with Crippen LogP contribution in [-0.2, 0) is 6.54 Å². The monoisotopic (exact) mass is 296 g/mol. The van der Waals surface area contributed by atoms with Gasteiger partial charge in [0, 0.05) is 38.8 Å². The van der Waals surface area contributed by atoms with Gasteiger partial charge >= 0.3 is 0 Å². The maximum atomic E-state index is 12.1. The molecule has 0 bridgehead atoms. The number of anilines is 1. The van der Waals surface area contributed by atoms with Crippen LogP contribution in [0.4, 0.5) is 5.69 Å². The van der Waals surface area contributed by atoms with Crippen molar-refractivity contribution in [3.63, 3.8) is 0 Å². The number of hydrogen-bond acceptors (Lipinski definition) is 5. The van der Waals surface area contributed by atoms with Crippen LogP contribution >= 0.6 is 12.6 Å². The zero-order valence-electron chi connectivity index (χ0n) is 12.2. The van der Waals surface area contributed by atoms with E-state index >= 15 is 0 Å². The van der Waals surface area contributed by atoms with E-state index in [-0.39, 0.29) is 5.56 Å². The summed E-state index contributed by atoms with van der Waals surface area (Å²) in [5.41, 5.74) is 0.960. The number of unbranched alkanes of at least 4 members (excludes halogenated alkanes) is 2. The maximum absolute atomic E-state index is 12.1. The molecule has 0 unspecified atom stereocenters. The zero-order valence-corrected chi connectivity index (χ0v) is 13.1. The van der Waals surface area contributed by atoms with Gasteiger partial charge in [-0.3, -0.25) is 4.79 Å². The second-order valence-electron chi connectivity index (χ2n) is 5.35. The number of likely N-dealkylation sites (N-methyl/N-ethyl adjacent to an activating group) is 1. The molecule has 1 saturated heterocycles. The number of nitrogens with zero attached hydrogens (tertiary/aromatic N) is 4. The first-order valence-electron chi connectivity index (χ1n) is 7.32. The molecular formula is C14H24N4OS. The Morgan fingerprint density at radius 3 is 2.60 bits per heavy atom. The lowest BCUT2D eigenvalue weighted by Gasteiger charge is -2.33. The zero-order chi connectivity index (χ0) is 14.4. The van der Waals surface area contributed by atoms with Gasteiger partial charge in [-0.15, -0.1) is 0 Å². The van der Waals surface area contributed by atoms with Crippen LogP contribution in [0.2, 0.25) is 0 Å². The summed E-state index contributed by atoms with van der Waals surface area (Å²) in [6.07, 6.45) is 5.00. The minimum atomic E-state index is 0.00676. The van der Waals surface area contributed by atoms with E-state index in [4.69, 9.17) is 0 Å². The first-order valence-corrected chi connectivity index (χ1v) is 7.95. The fourth-order valence-electron chi connectivity index (χ4n) is 2.38. The SMILES string of the molecule is CN1CCN(c2cnn(CCCCCS)c(=O)c2)CC1. The van der Waals surface area contributed by atoms with Crippen LogP contribution in [0.3, 0.4) is 0 Å². The van der Waals surface area contributed by atoms with E-state index in [0.717, 1.165) is 56.9 Å².